The van der Waals surface area contributed by atoms with Gasteiger partial charge >= 0.3 is 0 Å². The van der Waals surface area contributed by atoms with E-state index in [0.29, 0.717) is 47.2 Å². The standard InChI is InChI=1S/C28H23F2N3O4/c1-2-16-13-20-22(15-23(16)34)31-12-9-24(20)37-25-8-7-19(14-21(25)30)33-27(36)28(10-11-28)26(35)32-18-5-3-17(29)4-6-18/h3-9,12-15,34H,2,10-11H2,1H3,(H,32,35)(H,33,36). The van der Waals surface area contributed by atoms with Crippen LogP contribution in [0.15, 0.2) is 66.9 Å². The quantitative estimate of drug-likeness (QED) is 0.272. The molecule has 1 aliphatic carbocycles. The highest BCUT2D eigenvalue weighted by Crippen LogP contribution is 2.47. The zero-order valence-corrected chi connectivity index (χ0v) is 19.8. The van der Waals surface area contributed by atoms with E-state index in [1.54, 1.807) is 12.1 Å². The van der Waals surface area contributed by atoms with Crippen LogP contribution in [0, 0.1) is 17.0 Å². The van der Waals surface area contributed by atoms with E-state index in [0.717, 1.165) is 6.07 Å². The van der Waals surface area contributed by atoms with E-state index in [9.17, 15) is 23.5 Å². The third kappa shape index (κ3) is 4.80. The molecule has 0 bridgehead atoms. The molecule has 0 unspecified atom stereocenters. The van der Waals surface area contributed by atoms with Crippen LogP contribution in [-0.4, -0.2) is 21.9 Å². The number of hydrogen-bond donors (Lipinski definition) is 3. The normalized spacial score (nSPS) is 13.7. The first kappa shape index (κ1) is 24.2. The molecule has 0 atom stereocenters. The van der Waals surface area contributed by atoms with E-state index < -0.39 is 28.9 Å². The van der Waals surface area contributed by atoms with Crippen molar-refractivity contribution in [3.8, 4) is 17.2 Å². The summed E-state index contributed by atoms with van der Waals surface area (Å²) in [6.45, 7) is 1.91. The zero-order valence-electron chi connectivity index (χ0n) is 19.8. The van der Waals surface area contributed by atoms with Gasteiger partial charge in [0.05, 0.1) is 5.52 Å². The zero-order chi connectivity index (χ0) is 26.2. The molecule has 2 amide bonds. The fraction of sp³-hybridized carbons (Fsp3) is 0.179. The van der Waals surface area contributed by atoms with Crippen LogP contribution in [0.3, 0.4) is 0 Å². The highest BCUT2D eigenvalue weighted by molar-refractivity contribution is 6.16. The van der Waals surface area contributed by atoms with Gasteiger partial charge in [-0.15, -0.1) is 0 Å². The van der Waals surface area contributed by atoms with Crippen LogP contribution < -0.4 is 15.4 Å². The molecule has 3 N–H and O–H groups in total. The Morgan fingerprint density at radius 2 is 1.62 bits per heavy atom. The van der Waals surface area contributed by atoms with Crippen molar-refractivity contribution in [2.75, 3.05) is 10.6 Å². The molecule has 5 rings (SSSR count). The molecule has 7 nitrogen and oxygen atoms in total. The molecule has 4 aromatic rings. The van der Waals surface area contributed by atoms with Gasteiger partial charge in [-0.25, -0.2) is 8.78 Å². The van der Waals surface area contributed by atoms with Gasteiger partial charge in [0.2, 0.25) is 11.8 Å². The Balaban J connectivity index is 1.30. The minimum atomic E-state index is -1.27. The van der Waals surface area contributed by atoms with E-state index >= 15 is 0 Å². The third-order valence-electron chi connectivity index (χ3n) is 6.41. The molecule has 0 radical (unpaired) electrons. The molecule has 9 heteroatoms. The first-order valence-corrected chi connectivity index (χ1v) is 11.8. The summed E-state index contributed by atoms with van der Waals surface area (Å²) in [7, 11) is 0. The number of halogens is 2. The van der Waals surface area contributed by atoms with E-state index in [-0.39, 0.29) is 17.2 Å². The molecular formula is C28H23F2N3O4. The predicted octanol–water partition coefficient (Wildman–Crippen LogP) is 5.93. The van der Waals surface area contributed by atoms with Crippen molar-refractivity contribution in [3.63, 3.8) is 0 Å². The molecule has 188 valence electrons. The molecule has 3 aromatic carbocycles. The van der Waals surface area contributed by atoms with Gasteiger partial charge in [0.15, 0.2) is 11.6 Å². The van der Waals surface area contributed by atoms with Gasteiger partial charge in [0, 0.05) is 35.1 Å². The molecule has 1 fully saturated rings. The van der Waals surface area contributed by atoms with Gasteiger partial charge in [-0.2, -0.15) is 0 Å². The van der Waals surface area contributed by atoms with Crippen LogP contribution in [-0.2, 0) is 16.0 Å². The number of aromatic hydroxyl groups is 1. The molecule has 1 heterocycles. The van der Waals surface area contributed by atoms with E-state index in [1.807, 2.05) is 6.92 Å². The highest BCUT2D eigenvalue weighted by atomic mass is 19.1. The molecule has 1 saturated carbocycles. The molecule has 0 spiro atoms. The fourth-order valence-corrected chi connectivity index (χ4v) is 4.07. The number of amides is 2. The number of ether oxygens (including phenoxy) is 1. The van der Waals surface area contributed by atoms with Crippen molar-refractivity contribution in [2.45, 2.75) is 26.2 Å². The average Bonchev–Trinajstić information content (AvgIpc) is 3.69. The molecule has 1 aliphatic rings. The number of anilines is 2. The summed E-state index contributed by atoms with van der Waals surface area (Å²) in [4.78, 5) is 29.9. The van der Waals surface area contributed by atoms with E-state index in [2.05, 4.69) is 15.6 Å². The Morgan fingerprint density at radius 3 is 2.27 bits per heavy atom. The summed E-state index contributed by atoms with van der Waals surface area (Å²) >= 11 is 0. The Kier molecular flexibility index (Phi) is 6.20. The summed E-state index contributed by atoms with van der Waals surface area (Å²) in [5, 5.41) is 16.0. The van der Waals surface area contributed by atoms with Crippen molar-refractivity contribution < 1.29 is 28.2 Å². The van der Waals surface area contributed by atoms with Crippen LogP contribution in [0.5, 0.6) is 17.2 Å². The minimum absolute atomic E-state index is 0.0631. The first-order valence-electron chi connectivity index (χ1n) is 11.8. The van der Waals surface area contributed by atoms with Crippen LogP contribution in [0.2, 0.25) is 0 Å². The smallest absolute Gasteiger partial charge is 0.240 e. The molecular weight excluding hydrogens is 480 g/mol. The van der Waals surface area contributed by atoms with Crippen LogP contribution in [0.4, 0.5) is 20.2 Å². The number of benzene rings is 3. The topological polar surface area (TPSA) is 101 Å². The maximum Gasteiger partial charge on any atom is 0.240 e. The molecule has 0 saturated heterocycles. The monoisotopic (exact) mass is 503 g/mol. The lowest BCUT2D eigenvalue weighted by Gasteiger charge is -2.16. The van der Waals surface area contributed by atoms with Crippen molar-refractivity contribution in [1.82, 2.24) is 4.98 Å². The summed E-state index contributed by atoms with van der Waals surface area (Å²) in [6.07, 6.45) is 2.80. The summed E-state index contributed by atoms with van der Waals surface area (Å²) in [5.41, 5.74) is 0.501. The largest absolute Gasteiger partial charge is 0.508 e. The highest BCUT2D eigenvalue weighted by Gasteiger charge is 2.56. The maximum absolute atomic E-state index is 14.9. The average molecular weight is 504 g/mol. The first-order chi connectivity index (χ1) is 17.8. The number of fused-ring (bicyclic) bond motifs is 1. The van der Waals surface area contributed by atoms with Crippen molar-refractivity contribution in [3.05, 3.63) is 84.1 Å². The van der Waals surface area contributed by atoms with Crippen molar-refractivity contribution in [1.29, 1.82) is 0 Å². The van der Waals surface area contributed by atoms with Crippen molar-refractivity contribution in [2.24, 2.45) is 5.41 Å². The second-order valence-electron chi connectivity index (χ2n) is 8.91. The van der Waals surface area contributed by atoms with Crippen molar-refractivity contribution >= 4 is 34.1 Å². The lowest BCUT2D eigenvalue weighted by Crippen LogP contribution is -2.35. The summed E-state index contributed by atoms with van der Waals surface area (Å²) in [6, 6.07) is 14.1. The summed E-state index contributed by atoms with van der Waals surface area (Å²) < 4.78 is 33.9. The number of hydrogen-bond acceptors (Lipinski definition) is 5. The van der Waals surface area contributed by atoms with Gasteiger partial charge in [-0.3, -0.25) is 14.6 Å². The van der Waals surface area contributed by atoms with Gasteiger partial charge < -0.3 is 20.5 Å². The van der Waals surface area contributed by atoms with Crippen LogP contribution >= 0.6 is 0 Å². The Bertz CT molecular complexity index is 1520. The third-order valence-corrected chi connectivity index (χ3v) is 6.41. The number of pyridine rings is 1. The van der Waals surface area contributed by atoms with Gasteiger partial charge in [0.1, 0.15) is 22.7 Å². The molecule has 0 aliphatic heterocycles. The number of phenolic OH excluding ortho intramolecular Hbond substituents is 1. The Labute approximate surface area is 211 Å². The number of nitrogens with zero attached hydrogens (tertiary/aromatic N) is 1. The number of nitrogens with one attached hydrogen (secondary N) is 2. The number of carbonyl (C=O) groups excluding carboxylic acids is 2. The number of aromatic nitrogens is 1. The second-order valence-corrected chi connectivity index (χ2v) is 8.91. The SMILES string of the molecule is CCc1cc2c(Oc3ccc(NC(=O)C4(C(=O)Nc5ccc(F)cc5)CC4)cc3F)ccnc2cc1O. The van der Waals surface area contributed by atoms with Crippen LogP contribution in [0.25, 0.3) is 10.9 Å². The van der Waals surface area contributed by atoms with E-state index in [1.165, 1.54) is 48.7 Å². The van der Waals surface area contributed by atoms with Gasteiger partial charge in [-0.1, -0.05) is 6.92 Å². The molecule has 1 aromatic heterocycles. The van der Waals surface area contributed by atoms with Gasteiger partial charge in [-0.05, 0) is 73.4 Å². The van der Waals surface area contributed by atoms with Crippen LogP contribution in [0.1, 0.15) is 25.3 Å². The number of phenols is 1. The second kappa shape index (κ2) is 9.50. The fourth-order valence-electron chi connectivity index (χ4n) is 4.07. The number of rotatable bonds is 7. The Morgan fingerprint density at radius 1 is 0.946 bits per heavy atom. The maximum atomic E-state index is 14.9. The van der Waals surface area contributed by atoms with Gasteiger partial charge in [0.25, 0.3) is 0 Å². The molecule has 37 heavy (non-hydrogen) atoms. The Hall–Kier alpha value is -4.53. The lowest BCUT2D eigenvalue weighted by molar-refractivity contribution is -0.131. The number of carbonyl (C=O) groups is 2. The minimum Gasteiger partial charge on any atom is -0.508 e. The predicted molar refractivity (Wildman–Crippen MR) is 135 cm³/mol. The summed E-state index contributed by atoms with van der Waals surface area (Å²) in [5.74, 6) is -1.76. The van der Waals surface area contributed by atoms with E-state index in [4.69, 9.17) is 4.74 Å². The lowest BCUT2D eigenvalue weighted by atomic mass is 10.0. The number of aryl methyl sites for hydroxylation is 1.